The summed E-state index contributed by atoms with van der Waals surface area (Å²) in [5.41, 5.74) is 34.8. The van der Waals surface area contributed by atoms with Crippen LogP contribution in [0.15, 0.2) is 58.5 Å². The first-order valence-corrected chi connectivity index (χ1v) is 29.2. The number of rotatable bonds is 39. The van der Waals surface area contributed by atoms with Crippen LogP contribution in [0.2, 0.25) is 0 Å². The monoisotopic (exact) mass is 1220 g/mol. The molecule has 0 bridgehead atoms. The minimum atomic E-state index is -1.72. The number of hydrogen-bond acceptors (Lipinski definition) is 15. The average molecular weight is 1220 g/mol. The summed E-state index contributed by atoms with van der Waals surface area (Å²) in [5.74, 6) is -11.3. The molecule has 2 aromatic rings. The molecule has 23 N–H and O–H groups in total. The Morgan fingerprint density at radius 1 is 0.448 bits per heavy atom. The lowest BCUT2D eigenvalue weighted by atomic mass is 9.94. The fourth-order valence-corrected chi connectivity index (χ4v) is 8.95. The summed E-state index contributed by atoms with van der Waals surface area (Å²) >= 11 is 0. The van der Waals surface area contributed by atoms with E-state index in [4.69, 9.17) is 34.4 Å². The summed E-state index contributed by atoms with van der Waals surface area (Å²) < 4.78 is 0. The number of aromatic hydroxyl groups is 2. The molecule has 29 heteroatoms. The van der Waals surface area contributed by atoms with E-state index in [1.807, 2.05) is 13.8 Å². The minimum Gasteiger partial charge on any atom is -0.508 e. The van der Waals surface area contributed by atoms with Crippen LogP contribution in [0.5, 0.6) is 11.5 Å². The second kappa shape index (κ2) is 37.6. The van der Waals surface area contributed by atoms with Gasteiger partial charge in [0.05, 0.1) is 12.5 Å². The smallest absolute Gasteiger partial charge is 0.326 e. The molecule has 0 heterocycles. The molecule has 9 amide bonds. The van der Waals surface area contributed by atoms with Gasteiger partial charge in [0, 0.05) is 25.9 Å². The van der Waals surface area contributed by atoms with Gasteiger partial charge in [-0.2, -0.15) is 0 Å². The number of nitrogens with zero attached hydrogens (tertiary/aromatic N) is 2. The van der Waals surface area contributed by atoms with Gasteiger partial charge in [-0.1, -0.05) is 92.5 Å². The fourth-order valence-electron chi connectivity index (χ4n) is 8.95. The van der Waals surface area contributed by atoms with Crippen LogP contribution in [0, 0.1) is 23.7 Å². The summed E-state index contributed by atoms with van der Waals surface area (Å²) in [6.07, 6.45) is -0.140. The molecule has 87 heavy (non-hydrogen) atoms. The molecule has 2 rings (SSSR count). The van der Waals surface area contributed by atoms with E-state index in [1.165, 1.54) is 48.5 Å². The van der Waals surface area contributed by atoms with Gasteiger partial charge in [0.1, 0.15) is 59.8 Å². The molecular weight excluding hydrogens is 1130 g/mol. The predicted octanol–water partition coefficient (Wildman–Crippen LogP) is -1.66. The second-order valence-corrected chi connectivity index (χ2v) is 22.6. The minimum absolute atomic E-state index is 0.0155. The SMILES string of the molecule is CCC(C)C(NC(=O)C(CCCN=C(N)N)NC(=O)C(CC(N)=O)NC(=O)C(Cc1ccc(O)cc1)NC(=O)C(N)CC(C)C)C(=O)NC(C(=O)NC(CC(C)C)C(=O)NC(CCCN=C(N)N)C(=O)NC(Cc1ccc(O)cc1)C(=O)O)C(C)CC. The highest BCUT2D eigenvalue weighted by atomic mass is 16.4. The van der Waals surface area contributed by atoms with E-state index in [0.29, 0.717) is 24.0 Å². The number of nitrogens with one attached hydrogen (secondary N) is 8. The van der Waals surface area contributed by atoms with E-state index in [9.17, 15) is 63.3 Å². The number of phenols is 2. The zero-order valence-corrected chi connectivity index (χ0v) is 51.1. The van der Waals surface area contributed by atoms with Gasteiger partial charge < -0.3 is 92.3 Å². The van der Waals surface area contributed by atoms with Crippen molar-refractivity contribution in [2.75, 3.05) is 13.1 Å². The molecular formula is C58H94N16O13. The van der Waals surface area contributed by atoms with Crippen molar-refractivity contribution in [1.82, 2.24) is 42.5 Å². The summed E-state index contributed by atoms with van der Waals surface area (Å²) in [6, 6.07) is -0.927. The lowest BCUT2D eigenvalue weighted by Gasteiger charge is -2.31. The van der Waals surface area contributed by atoms with Crippen molar-refractivity contribution in [1.29, 1.82) is 0 Å². The standard InChI is InChI=1S/C58H94N16O13/c1-9-32(7)46(54(84)71-41(26-31(5)6)51(81)67-39(13-11-23-65-57(61)62)49(79)72-44(56(86)87)28-35-17-21-37(76)22-18-35)74-55(85)47(33(8)10-2)73-50(80)40(14-12-24-66-58(63)64)68-53(83)43(29-45(60)77)70-52(82)42(27-34-15-19-36(75)20-16-34)69-48(78)38(59)25-30(3)4/h15-22,30-33,38-44,46-47,75-76H,9-14,23-29,59H2,1-8H3,(H2,60,77)(H,67,81)(H,68,83)(H,69,78)(H,70,82)(H,71,84)(H,72,79)(H,73,80)(H,74,85)(H,86,87)(H4,61,62,65)(H4,63,64,66). The molecule has 11 unspecified atom stereocenters. The van der Waals surface area contributed by atoms with E-state index in [2.05, 4.69) is 52.5 Å². The van der Waals surface area contributed by atoms with E-state index in [-0.39, 0.29) is 99.7 Å². The van der Waals surface area contributed by atoms with Gasteiger partial charge in [-0.3, -0.25) is 53.1 Å². The zero-order valence-electron chi connectivity index (χ0n) is 51.1. The van der Waals surface area contributed by atoms with Crippen LogP contribution in [-0.2, 0) is 60.8 Å². The Hall–Kier alpha value is -8.76. The quantitative estimate of drug-likeness (QED) is 0.0202. The highest BCUT2D eigenvalue weighted by molar-refractivity contribution is 5.99. The number of guanidine groups is 2. The molecule has 11 atom stereocenters. The van der Waals surface area contributed by atoms with Crippen molar-refractivity contribution in [2.45, 2.75) is 180 Å². The van der Waals surface area contributed by atoms with Crippen LogP contribution >= 0.6 is 0 Å². The largest absolute Gasteiger partial charge is 0.508 e. The number of hydrogen-bond donors (Lipinski definition) is 17. The Kier molecular flexibility index (Phi) is 32.1. The fraction of sp³-hybridized carbons (Fsp3) is 0.586. The molecule has 0 aliphatic heterocycles. The van der Waals surface area contributed by atoms with Crippen LogP contribution in [0.1, 0.15) is 124 Å². The maximum atomic E-state index is 14.6. The number of aliphatic imine (C=N–C) groups is 2. The number of carboxylic acids is 1. The van der Waals surface area contributed by atoms with Crippen molar-refractivity contribution < 1.29 is 63.3 Å². The molecule has 0 saturated carbocycles. The Bertz CT molecular complexity index is 2670. The maximum Gasteiger partial charge on any atom is 0.326 e. The van der Waals surface area contributed by atoms with Crippen molar-refractivity contribution in [3.8, 4) is 11.5 Å². The lowest BCUT2D eigenvalue weighted by molar-refractivity contribution is -0.142. The lowest BCUT2D eigenvalue weighted by Crippen LogP contribution is -2.62. The van der Waals surface area contributed by atoms with Gasteiger partial charge in [0.2, 0.25) is 53.2 Å². The Balaban J connectivity index is 2.51. The van der Waals surface area contributed by atoms with E-state index in [1.54, 1.807) is 41.5 Å². The van der Waals surface area contributed by atoms with Crippen LogP contribution in [-0.4, -0.2) is 154 Å². The van der Waals surface area contributed by atoms with Gasteiger partial charge in [0.15, 0.2) is 11.9 Å². The summed E-state index contributed by atoms with van der Waals surface area (Å²) in [5, 5.41) is 50.7. The zero-order chi connectivity index (χ0) is 65.7. The number of carboxylic acid groups (broad SMARTS) is 1. The summed E-state index contributed by atoms with van der Waals surface area (Å²) in [4.78, 5) is 146. The molecule has 0 aliphatic carbocycles. The Labute approximate surface area is 508 Å². The van der Waals surface area contributed by atoms with Gasteiger partial charge >= 0.3 is 5.97 Å². The molecule has 29 nitrogen and oxygen atoms in total. The second-order valence-electron chi connectivity index (χ2n) is 22.6. The van der Waals surface area contributed by atoms with Gasteiger partial charge in [0.25, 0.3) is 0 Å². The number of nitrogens with two attached hydrogens (primary N) is 6. The molecule has 0 saturated heterocycles. The molecule has 2 aromatic carbocycles. The maximum absolute atomic E-state index is 14.6. The highest BCUT2D eigenvalue weighted by Crippen LogP contribution is 2.18. The van der Waals surface area contributed by atoms with Crippen molar-refractivity contribution in [3.05, 3.63) is 59.7 Å². The molecule has 484 valence electrons. The van der Waals surface area contributed by atoms with E-state index in [0.717, 1.165) is 0 Å². The number of primary amides is 1. The van der Waals surface area contributed by atoms with Crippen molar-refractivity contribution in [3.63, 3.8) is 0 Å². The third kappa shape index (κ3) is 27.9. The number of carbonyl (C=O) groups is 10. The molecule has 0 radical (unpaired) electrons. The van der Waals surface area contributed by atoms with Crippen LogP contribution in [0.3, 0.4) is 0 Å². The first-order chi connectivity index (χ1) is 40.8. The first kappa shape index (κ1) is 74.3. The summed E-state index contributed by atoms with van der Waals surface area (Å²) in [6.45, 7) is 14.2. The van der Waals surface area contributed by atoms with E-state index >= 15 is 0 Å². The molecule has 0 aliphatic rings. The van der Waals surface area contributed by atoms with Crippen LogP contribution in [0.4, 0.5) is 0 Å². The topological polar surface area (TPSA) is 508 Å². The number of benzene rings is 2. The predicted molar refractivity (Wildman–Crippen MR) is 326 cm³/mol. The average Bonchev–Trinajstić information content (AvgIpc) is 3.66. The third-order valence-corrected chi connectivity index (χ3v) is 14.2. The van der Waals surface area contributed by atoms with Gasteiger partial charge in [-0.25, -0.2) is 4.79 Å². The molecule has 0 fully saturated rings. The molecule has 0 spiro atoms. The van der Waals surface area contributed by atoms with Crippen molar-refractivity contribution >= 4 is 71.1 Å². The van der Waals surface area contributed by atoms with E-state index < -0.39 is 132 Å². The first-order valence-electron chi connectivity index (χ1n) is 29.2. The Morgan fingerprint density at radius 3 is 1.21 bits per heavy atom. The number of amides is 9. The number of phenolic OH excluding ortho intramolecular Hbond substituents is 2. The third-order valence-electron chi connectivity index (χ3n) is 14.2. The normalized spacial score (nSPS) is 14.9. The van der Waals surface area contributed by atoms with Crippen molar-refractivity contribution in [2.24, 2.45) is 68.1 Å². The number of aliphatic carboxylic acids is 1. The van der Waals surface area contributed by atoms with Crippen LogP contribution in [0.25, 0.3) is 0 Å². The highest BCUT2D eigenvalue weighted by Gasteiger charge is 2.38. The van der Waals surface area contributed by atoms with Gasteiger partial charge in [-0.05, 0) is 97.6 Å². The molecule has 0 aromatic heterocycles. The Morgan fingerprint density at radius 2 is 0.793 bits per heavy atom. The summed E-state index contributed by atoms with van der Waals surface area (Å²) in [7, 11) is 0. The van der Waals surface area contributed by atoms with Crippen LogP contribution < -0.4 is 76.9 Å². The van der Waals surface area contributed by atoms with Gasteiger partial charge in [-0.15, -0.1) is 0 Å². The number of carbonyl (C=O) groups excluding carboxylic acids is 9.